The number of carbonyl (C=O) groups excluding carboxylic acids is 3. The molecule has 0 aromatic carbocycles. The third-order valence-electron chi connectivity index (χ3n) is 4.66. The average Bonchev–Trinajstić information content (AvgIpc) is 3.37. The van der Waals surface area contributed by atoms with Crippen LogP contribution in [-0.2, 0) is 32.1 Å². The number of thioether (sulfide) groups is 2. The van der Waals surface area contributed by atoms with Crippen LogP contribution in [0.25, 0.3) is 0 Å². The van der Waals surface area contributed by atoms with Crippen LogP contribution in [0.2, 0.25) is 0 Å². The van der Waals surface area contributed by atoms with Gasteiger partial charge in [0.05, 0.1) is 12.1 Å². The number of hydrogen-bond donors (Lipinski definition) is 4. The van der Waals surface area contributed by atoms with E-state index in [1.165, 1.54) is 32.7 Å². The number of thiazole rings is 1. The van der Waals surface area contributed by atoms with Crippen molar-refractivity contribution in [2.24, 2.45) is 5.73 Å². The fraction of sp³-hybridized carbons (Fsp3) is 0.375. The van der Waals surface area contributed by atoms with E-state index in [9.17, 15) is 24.3 Å². The van der Waals surface area contributed by atoms with Crippen molar-refractivity contribution in [2.45, 2.75) is 29.5 Å². The van der Waals surface area contributed by atoms with E-state index in [-0.39, 0.29) is 24.4 Å². The van der Waals surface area contributed by atoms with Crippen LogP contribution in [0.1, 0.15) is 5.69 Å². The number of nitrogen functional groups attached to an aromatic ring is 1. The van der Waals surface area contributed by atoms with E-state index >= 15 is 0 Å². The van der Waals surface area contributed by atoms with Crippen molar-refractivity contribution in [2.75, 3.05) is 17.2 Å². The molecule has 17 heteroatoms. The number of aliphatic carboxylic acids is 1. The van der Waals surface area contributed by atoms with Crippen LogP contribution in [0.15, 0.2) is 21.8 Å². The normalized spacial score (nSPS) is 19.8. The van der Waals surface area contributed by atoms with Crippen LogP contribution in [0.5, 0.6) is 0 Å². The first kappa shape index (κ1) is 23.0. The lowest BCUT2D eigenvalue weighted by Gasteiger charge is -2.49. The SMILES string of the molecule is NC(=O)Cn1nnnc1SCC1=C(C(=O)O)N2C(=O)C(NC(=O)Cc3csc(N)n3)[C@H]2SC1. The fourth-order valence-corrected chi connectivity index (χ4v) is 6.21. The number of nitrogens with one attached hydrogen (secondary N) is 1. The van der Waals surface area contributed by atoms with Gasteiger partial charge in [-0.2, -0.15) is 0 Å². The zero-order valence-electron chi connectivity index (χ0n) is 16.7. The Kier molecular flexibility index (Phi) is 6.52. The Balaban J connectivity index is 1.43. The highest BCUT2D eigenvalue weighted by molar-refractivity contribution is 8.01. The highest BCUT2D eigenvalue weighted by Crippen LogP contribution is 2.41. The Morgan fingerprint density at radius 3 is 2.82 bits per heavy atom. The summed E-state index contributed by atoms with van der Waals surface area (Å²) >= 11 is 3.69. The molecule has 1 fully saturated rings. The summed E-state index contributed by atoms with van der Waals surface area (Å²) in [6.07, 6.45) is -0.0294. The molecule has 0 spiro atoms. The molecule has 1 unspecified atom stereocenters. The number of nitrogens with two attached hydrogens (primary N) is 2. The van der Waals surface area contributed by atoms with Crippen LogP contribution >= 0.6 is 34.9 Å². The standard InChI is InChI=1S/C16H17N9O5S3/c17-8(26)2-24-16(21-22-23-24)33-4-6-3-31-13-10(12(28)25(13)11(6)14(29)30)20-9(27)1-7-5-32-15(18)19-7/h5,10,13H,1-4H2,(H2,17,26)(H2,18,19)(H,20,27)(H,29,30)/t10?,13-/m1/s1. The van der Waals surface area contributed by atoms with Gasteiger partial charge in [-0.1, -0.05) is 11.8 Å². The summed E-state index contributed by atoms with van der Waals surface area (Å²) in [6.45, 7) is -0.212. The highest BCUT2D eigenvalue weighted by atomic mass is 32.2. The van der Waals surface area contributed by atoms with Gasteiger partial charge in [-0.3, -0.25) is 19.3 Å². The van der Waals surface area contributed by atoms with Gasteiger partial charge in [0.15, 0.2) is 5.13 Å². The van der Waals surface area contributed by atoms with Crippen molar-refractivity contribution in [1.82, 2.24) is 35.4 Å². The van der Waals surface area contributed by atoms with Gasteiger partial charge >= 0.3 is 5.97 Å². The van der Waals surface area contributed by atoms with E-state index in [0.29, 0.717) is 27.3 Å². The molecule has 0 bridgehead atoms. The predicted molar refractivity (Wildman–Crippen MR) is 118 cm³/mol. The van der Waals surface area contributed by atoms with Crippen molar-refractivity contribution in [1.29, 1.82) is 0 Å². The quantitative estimate of drug-likeness (QED) is 0.218. The Hall–Kier alpha value is -3.18. The summed E-state index contributed by atoms with van der Waals surface area (Å²) in [6, 6.07) is -0.829. The first-order chi connectivity index (χ1) is 15.7. The molecule has 2 aliphatic rings. The molecular weight excluding hydrogens is 494 g/mol. The molecule has 0 saturated carbocycles. The van der Waals surface area contributed by atoms with E-state index in [0.717, 1.165) is 11.8 Å². The smallest absolute Gasteiger partial charge is 0.352 e. The van der Waals surface area contributed by atoms with Crippen molar-refractivity contribution < 1.29 is 24.3 Å². The van der Waals surface area contributed by atoms with Crippen LogP contribution in [0.4, 0.5) is 5.13 Å². The molecule has 1 saturated heterocycles. The van der Waals surface area contributed by atoms with Crippen molar-refractivity contribution >= 4 is 63.7 Å². The first-order valence-electron chi connectivity index (χ1n) is 9.31. The third kappa shape index (κ3) is 4.79. The lowest BCUT2D eigenvalue weighted by atomic mass is 10.0. The summed E-state index contributed by atoms with van der Waals surface area (Å²) in [7, 11) is 0. The lowest BCUT2D eigenvalue weighted by Crippen LogP contribution is -2.70. The summed E-state index contributed by atoms with van der Waals surface area (Å²) < 4.78 is 1.21. The lowest BCUT2D eigenvalue weighted by molar-refractivity contribution is -0.150. The zero-order valence-corrected chi connectivity index (χ0v) is 19.2. The maximum atomic E-state index is 12.7. The van der Waals surface area contributed by atoms with E-state index in [1.54, 1.807) is 5.38 Å². The van der Waals surface area contributed by atoms with Crippen molar-refractivity contribution in [3.8, 4) is 0 Å². The Labute approximate surface area is 198 Å². The molecule has 2 aromatic heterocycles. The van der Waals surface area contributed by atoms with E-state index in [2.05, 4.69) is 25.8 Å². The number of aromatic nitrogens is 5. The number of carboxylic acid groups (broad SMARTS) is 1. The van der Waals surface area contributed by atoms with Gasteiger partial charge in [-0.25, -0.2) is 14.5 Å². The number of rotatable bonds is 9. The molecule has 33 heavy (non-hydrogen) atoms. The topological polar surface area (TPSA) is 212 Å². The van der Waals surface area contributed by atoms with Crippen molar-refractivity contribution in [3.63, 3.8) is 0 Å². The number of anilines is 1. The minimum absolute atomic E-state index is 0.0294. The van der Waals surface area contributed by atoms with Crippen LogP contribution in [0.3, 0.4) is 0 Å². The Morgan fingerprint density at radius 2 is 2.15 bits per heavy atom. The second kappa shape index (κ2) is 9.36. The molecule has 0 aliphatic carbocycles. The van der Waals surface area contributed by atoms with Gasteiger partial charge in [0.25, 0.3) is 5.91 Å². The summed E-state index contributed by atoms with van der Waals surface area (Å²) in [5.74, 6) is -2.26. The molecule has 3 amide bonds. The number of hydrogen-bond acceptors (Lipinski definition) is 12. The maximum Gasteiger partial charge on any atom is 0.352 e. The van der Waals surface area contributed by atoms with E-state index in [1.807, 2.05) is 0 Å². The van der Waals surface area contributed by atoms with Crippen LogP contribution in [0, 0.1) is 0 Å². The summed E-state index contributed by atoms with van der Waals surface area (Å²) in [5.41, 5.74) is 11.6. The largest absolute Gasteiger partial charge is 0.477 e. The van der Waals surface area contributed by atoms with Gasteiger partial charge < -0.3 is 21.9 Å². The average molecular weight is 512 g/mol. The van der Waals surface area contributed by atoms with Gasteiger partial charge in [-0.15, -0.1) is 28.2 Å². The molecule has 4 heterocycles. The number of carbonyl (C=O) groups is 4. The number of tetrazole rings is 1. The first-order valence-corrected chi connectivity index (χ1v) is 12.2. The number of fused-ring (bicyclic) bond motifs is 1. The number of amides is 3. The molecule has 0 radical (unpaired) electrons. The van der Waals surface area contributed by atoms with E-state index in [4.69, 9.17) is 11.5 Å². The second-order valence-electron chi connectivity index (χ2n) is 6.94. The molecule has 14 nitrogen and oxygen atoms in total. The molecule has 174 valence electrons. The van der Waals surface area contributed by atoms with E-state index < -0.39 is 35.1 Å². The Bertz CT molecular complexity index is 1160. The van der Waals surface area contributed by atoms with Crippen LogP contribution < -0.4 is 16.8 Å². The van der Waals surface area contributed by atoms with Gasteiger partial charge in [0.1, 0.15) is 23.7 Å². The zero-order chi connectivity index (χ0) is 23.7. The summed E-state index contributed by atoms with van der Waals surface area (Å²) in [4.78, 5) is 53.3. The molecule has 2 aromatic rings. The summed E-state index contributed by atoms with van der Waals surface area (Å²) in [5, 5.41) is 25.2. The second-order valence-corrected chi connectivity index (χ2v) is 9.88. The van der Waals surface area contributed by atoms with Crippen LogP contribution in [-0.4, -0.2) is 81.8 Å². The highest BCUT2D eigenvalue weighted by Gasteiger charge is 2.54. The number of carboxylic acids is 1. The van der Waals surface area contributed by atoms with Gasteiger partial charge in [0.2, 0.25) is 17.0 Å². The maximum absolute atomic E-state index is 12.7. The molecule has 4 rings (SSSR count). The third-order valence-corrected chi connectivity index (χ3v) is 7.76. The van der Waals surface area contributed by atoms with Gasteiger partial charge in [0, 0.05) is 16.9 Å². The minimum Gasteiger partial charge on any atom is -0.477 e. The molecule has 2 aliphatic heterocycles. The predicted octanol–water partition coefficient (Wildman–Crippen LogP) is -1.73. The van der Waals surface area contributed by atoms with Crippen molar-refractivity contribution in [3.05, 3.63) is 22.3 Å². The number of primary amides is 1. The molecule has 2 atom stereocenters. The monoisotopic (exact) mass is 511 g/mol. The molecule has 6 N–H and O–H groups in total. The van der Waals surface area contributed by atoms with Gasteiger partial charge in [-0.05, 0) is 16.0 Å². The molecular formula is C16H17N9O5S3. The number of nitrogens with zero attached hydrogens (tertiary/aromatic N) is 6. The minimum atomic E-state index is -1.25. The Morgan fingerprint density at radius 1 is 1.36 bits per heavy atom. The number of β-lactam (4-membered cyclic amide) rings is 1. The fourth-order valence-electron chi connectivity index (χ4n) is 3.29.